The van der Waals surface area contributed by atoms with Gasteiger partial charge in [-0.1, -0.05) is 32.0 Å². The fourth-order valence-electron chi connectivity index (χ4n) is 2.43. The minimum Gasteiger partial charge on any atom is -0.296 e. The van der Waals surface area contributed by atoms with Gasteiger partial charge in [0.1, 0.15) is 5.82 Å². The van der Waals surface area contributed by atoms with Crippen LogP contribution in [-0.4, -0.2) is 17.4 Å². The Morgan fingerprint density at radius 2 is 2.11 bits per heavy atom. The number of amides is 1. The van der Waals surface area contributed by atoms with Crippen LogP contribution >= 0.6 is 0 Å². The third-order valence-electron chi connectivity index (χ3n) is 3.40. The molecule has 0 aliphatic carbocycles. The van der Waals surface area contributed by atoms with E-state index in [1.54, 1.807) is 0 Å². The summed E-state index contributed by atoms with van der Waals surface area (Å²) in [6.45, 7) is 4.62. The molecule has 1 aliphatic rings. The van der Waals surface area contributed by atoms with Gasteiger partial charge in [0.15, 0.2) is 0 Å². The minimum atomic E-state index is 0.0178. The smallest absolute Gasteiger partial charge is 0.230 e. The lowest BCUT2D eigenvalue weighted by molar-refractivity contribution is -0.121. The van der Waals surface area contributed by atoms with Crippen molar-refractivity contribution in [3.63, 3.8) is 0 Å². The maximum Gasteiger partial charge on any atom is 0.230 e. The van der Waals surface area contributed by atoms with Crippen molar-refractivity contribution in [2.45, 2.75) is 20.3 Å². The zero-order chi connectivity index (χ0) is 12.7. The Hall–Kier alpha value is -1.90. The highest BCUT2D eigenvalue weighted by Gasteiger charge is 2.27. The van der Waals surface area contributed by atoms with Crippen molar-refractivity contribution in [1.29, 1.82) is 0 Å². The van der Waals surface area contributed by atoms with Crippen molar-refractivity contribution >= 4 is 22.6 Å². The van der Waals surface area contributed by atoms with Crippen LogP contribution in [0.1, 0.15) is 19.4 Å². The average molecular weight is 240 g/mol. The van der Waals surface area contributed by atoms with Crippen LogP contribution in [0.25, 0.3) is 10.9 Å². The lowest BCUT2D eigenvalue weighted by atomic mass is 10.1. The van der Waals surface area contributed by atoms with Gasteiger partial charge in [0, 0.05) is 17.8 Å². The van der Waals surface area contributed by atoms with E-state index in [1.807, 2.05) is 36.9 Å². The van der Waals surface area contributed by atoms with Crippen molar-refractivity contribution < 1.29 is 4.79 Å². The number of carbonyl (C=O) groups is 1. The highest BCUT2D eigenvalue weighted by atomic mass is 16.2. The van der Waals surface area contributed by atoms with Gasteiger partial charge in [0.25, 0.3) is 0 Å². The zero-order valence-electron chi connectivity index (χ0n) is 10.7. The summed E-state index contributed by atoms with van der Waals surface area (Å²) < 4.78 is 0. The Morgan fingerprint density at radius 3 is 2.89 bits per heavy atom. The largest absolute Gasteiger partial charge is 0.296 e. The molecule has 2 heterocycles. The number of pyridine rings is 1. The maximum atomic E-state index is 12.1. The lowest BCUT2D eigenvalue weighted by Crippen LogP contribution is -2.33. The summed E-state index contributed by atoms with van der Waals surface area (Å²) >= 11 is 0. The molecule has 0 fully saturated rings. The Bertz CT molecular complexity index is 619. The second kappa shape index (κ2) is 4.09. The number of para-hydroxylation sites is 1. The zero-order valence-corrected chi connectivity index (χ0v) is 10.7. The summed E-state index contributed by atoms with van der Waals surface area (Å²) in [6, 6.07) is 10.2. The Labute approximate surface area is 106 Å². The van der Waals surface area contributed by atoms with E-state index < -0.39 is 0 Å². The van der Waals surface area contributed by atoms with E-state index in [2.05, 4.69) is 17.1 Å². The number of carbonyl (C=O) groups excluding carboxylic acids is 1. The molecular weight excluding hydrogens is 224 g/mol. The highest BCUT2D eigenvalue weighted by molar-refractivity contribution is 5.97. The van der Waals surface area contributed by atoms with Crippen molar-refractivity contribution in [2.75, 3.05) is 11.4 Å². The minimum absolute atomic E-state index is 0.0178. The fourth-order valence-corrected chi connectivity index (χ4v) is 2.43. The molecule has 3 nitrogen and oxygen atoms in total. The van der Waals surface area contributed by atoms with Crippen LogP contribution in [0.5, 0.6) is 0 Å². The van der Waals surface area contributed by atoms with E-state index in [1.165, 1.54) is 5.56 Å². The highest BCUT2D eigenvalue weighted by Crippen LogP contribution is 2.30. The van der Waals surface area contributed by atoms with Crippen LogP contribution in [0.4, 0.5) is 5.82 Å². The Kier molecular flexibility index (Phi) is 2.54. The normalized spacial score (nSPS) is 14.3. The van der Waals surface area contributed by atoms with Gasteiger partial charge in [-0.2, -0.15) is 0 Å². The van der Waals surface area contributed by atoms with E-state index in [0.29, 0.717) is 0 Å². The molecule has 3 heteroatoms. The first-order valence-corrected chi connectivity index (χ1v) is 6.37. The summed E-state index contributed by atoms with van der Waals surface area (Å²) in [4.78, 5) is 18.6. The molecule has 0 bridgehead atoms. The van der Waals surface area contributed by atoms with Gasteiger partial charge in [0.2, 0.25) is 5.91 Å². The van der Waals surface area contributed by atoms with Crippen molar-refractivity contribution in [1.82, 2.24) is 4.98 Å². The molecule has 0 atom stereocenters. The van der Waals surface area contributed by atoms with Crippen molar-refractivity contribution in [2.24, 2.45) is 5.92 Å². The molecular formula is C15H16N2O. The van der Waals surface area contributed by atoms with Crippen molar-refractivity contribution in [3.05, 3.63) is 35.9 Å². The molecule has 0 N–H and O–H groups in total. The summed E-state index contributed by atoms with van der Waals surface area (Å²) in [5, 5.41) is 1.15. The number of hydrogen-bond acceptors (Lipinski definition) is 2. The maximum absolute atomic E-state index is 12.1. The van der Waals surface area contributed by atoms with Crippen molar-refractivity contribution in [3.8, 4) is 0 Å². The molecule has 0 saturated heterocycles. The monoisotopic (exact) mass is 240 g/mol. The molecule has 2 aromatic rings. The molecule has 3 rings (SSSR count). The van der Waals surface area contributed by atoms with Crippen LogP contribution in [0, 0.1) is 5.92 Å². The number of benzene rings is 1. The quantitative estimate of drug-likeness (QED) is 0.768. The summed E-state index contributed by atoms with van der Waals surface area (Å²) in [5.74, 6) is 1.04. The number of rotatable bonds is 1. The van der Waals surface area contributed by atoms with E-state index in [0.717, 1.165) is 29.7 Å². The third-order valence-corrected chi connectivity index (χ3v) is 3.40. The van der Waals surface area contributed by atoms with Gasteiger partial charge in [-0.25, -0.2) is 4.98 Å². The number of nitrogens with zero attached hydrogens (tertiary/aromatic N) is 2. The topological polar surface area (TPSA) is 33.2 Å². The SMILES string of the molecule is CC(C)C(=O)N1CCc2cc3ccccc3nc21. The summed E-state index contributed by atoms with van der Waals surface area (Å²) in [7, 11) is 0. The molecule has 1 aromatic carbocycles. The first-order chi connectivity index (χ1) is 8.66. The van der Waals surface area contributed by atoms with Gasteiger partial charge in [-0.05, 0) is 24.1 Å². The summed E-state index contributed by atoms with van der Waals surface area (Å²) in [6.07, 6.45) is 0.908. The molecule has 1 aromatic heterocycles. The predicted molar refractivity (Wildman–Crippen MR) is 72.6 cm³/mol. The number of hydrogen-bond donors (Lipinski definition) is 0. The van der Waals surface area contributed by atoms with Gasteiger partial charge in [-0.15, -0.1) is 0 Å². The molecule has 0 unspecified atom stereocenters. The van der Waals surface area contributed by atoms with Gasteiger partial charge >= 0.3 is 0 Å². The van der Waals surface area contributed by atoms with Crippen LogP contribution in [0.15, 0.2) is 30.3 Å². The van der Waals surface area contributed by atoms with E-state index in [9.17, 15) is 4.79 Å². The second-order valence-corrected chi connectivity index (χ2v) is 5.06. The number of fused-ring (bicyclic) bond motifs is 2. The summed E-state index contributed by atoms with van der Waals surface area (Å²) in [5.41, 5.74) is 2.14. The molecule has 0 saturated carbocycles. The van der Waals surface area contributed by atoms with Gasteiger partial charge in [-0.3, -0.25) is 9.69 Å². The van der Waals surface area contributed by atoms with Crippen LogP contribution < -0.4 is 4.90 Å². The third kappa shape index (κ3) is 1.67. The van der Waals surface area contributed by atoms with Gasteiger partial charge in [0.05, 0.1) is 5.52 Å². The van der Waals surface area contributed by atoms with E-state index in [4.69, 9.17) is 0 Å². The average Bonchev–Trinajstić information content (AvgIpc) is 2.77. The lowest BCUT2D eigenvalue weighted by Gasteiger charge is -2.18. The number of anilines is 1. The fraction of sp³-hybridized carbons (Fsp3) is 0.333. The predicted octanol–water partition coefficient (Wildman–Crippen LogP) is 2.78. The van der Waals surface area contributed by atoms with Crippen LogP contribution in [0.2, 0.25) is 0 Å². The molecule has 92 valence electrons. The first kappa shape index (κ1) is 11.2. The first-order valence-electron chi connectivity index (χ1n) is 6.37. The van der Waals surface area contributed by atoms with E-state index in [-0.39, 0.29) is 11.8 Å². The number of aromatic nitrogens is 1. The standard InChI is InChI=1S/C15H16N2O/c1-10(2)15(18)17-8-7-12-9-11-5-3-4-6-13(11)16-14(12)17/h3-6,9-10H,7-8H2,1-2H3. The molecule has 1 aliphatic heterocycles. The molecule has 0 spiro atoms. The van der Waals surface area contributed by atoms with Crippen LogP contribution in [-0.2, 0) is 11.2 Å². The van der Waals surface area contributed by atoms with Crippen LogP contribution in [0.3, 0.4) is 0 Å². The molecule has 0 radical (unpaired) electrons. The second-order valence-electron chi connectivity index (χ2n) is 5.06. The Balaban J connectivity index is 2.11. The van der Waals surface area contributed by atoms with Gasteiger partial charge < -0.3 is 0 Å². The molecule has 1 amide bonds. The Morgan fingerprint density at radius 1 is 1.33 bits per heavy atom. The van der Waals surface area contributed by atoms with E-state index >= 15 is 0 Å². The molecule has 18 heavy (non-hydrogen) atoms.